The molecule has 0 aromatic carbocycles. The Kier molecular flexibility index (Phi) is 1.96. The zero-order valence-corrected chi connectivity index (χ0v) is 6.20. The molecule has 1 unspecified atom stereocenters. The Morgan fingerprint density at radius 3 is 2.64 bits per heavy atom. The molecule has 0 aliphatic heterocycles. The number of hydrogen-bond acceptors (Lipinski definition) is 3. The van der Waals surface area contributed by atoms with Crippen molar-refractivity contribution in [2.45, 2.75) is 13.0 Å². The third-order valence-electron chi connectivity index (χ3n) is 1.37. The second-order valence-corrected chi connectivity index (χ2v) is 2.33. The summed E-state index contributed by atoms with van der Waals surface area (Å²) in [6.07, 6.45) is 0. The number of primary amides is 1. The second-order valence-electron chi connectivity index (χ2n) is 2.33. The van der Waals surface area contributed by atoms with Gasteiger partial charge in [0.05, 0.1) is 0 Å². The van der Waals surface area contributed by atoms with Crippen LogP contribution in [-0.4, -0.2) is 5.91 Å². The van der Waals surface area contributed by atoms with Gasteiger partial charge in [-0.2, -0.15) is 0 Å². The quantitative estimate of drug-likeness (QED) is 0.632. The summed E-state index contributed by atoms with van der Waals surface area (Å²) in [5.74, 6) is 0.547. The molecule has 0 radical (unpaired) electrons. The van der Waals surface area contributed by atoms with E-state index in [1.807, 2.05) is 0 Å². The first-order valence-corrected chi connectivity index (χ1v) is 3.22. The Labute approximate surface area is 64.2 Å². The first-order chi connectivity index (χ1) is 5.11. The van der Waals surface area contributed by atoms with Gasteiger partial charge in [-0.15, -0.1) is 0 Å². The zero-order chi connectivity index (χ0) is 8.43. The lowest BCUT2D eigenvalue weighted by molar-refractivity contribution is -0.119. The van der Waals surface area contributed by atoms with Crippen molar-refractivity contribution in [2.75, 3.05) is 0 Å². The maximum atomic E-state index is 10.5. The lowest BCUT2D eigenvalue weighted by Gasteiger charge is -2.01. The number of hydrogen-bond donors (Lipinski definition) is 2. The van der Waals surface area contributed by atoms with Gasteiger partial charge in [0, 0.05) is 0 Å². The average Bonchev–Trinajstić information content (AvgIpc) is 2.34. The molecule has 4 N–H and O–H groups in total. The average molecular weight is 154 g/mol. The molecule has 0 bridgehead atoms. The van der Waals surface area contributed by atoms with Crippen LogP contribution in [0.4, 0.5) is 0 Å². The summed E-state index contributed by atoms with van der Waals surface area (Å²) in [7, 11) is 0. The van der Waals surface area contributed by atoms with Gasteiger partial charge in [-0.05, 0) is 19.1 Å². The van der Waals surface area contributed by atoms with Crippen LogP contribution in [0.5, 0.6) is 0 Å². The van der Waals surface area contributed by atoms with Crippen molar-refractivity contribution < 1.29 is 9.21 Å². The highest BCUT2D eigenvalue weighted by atomic mass is 16.3. The van der Waals surface area contributed by atoms with Crippen molar-refractivity contribution in [3.8, 4) is 0 Å². The van der Waals surface area contributed by atoms with Crippen LogP contribution >= 0.6 is 0 Å². The topological polar surface area (TPSA) is 82.2 Å². The fourth-order valence-electron chi connectivity index (χ4n) is 0.761. The van der Waals surface area contributed by atoms with Crippen molar-refractivity contribution in [2.24, 2.45) is 11.5 Å². The number of rotatable bonds is 2. The molecular weight excluding hydrogens is 144 g/mol. The Morgan fingerprint density at radius 1 is 1.64 bits per heavy atom. The Balaban J connectivity index is 2.84. The van der Waals surface area contributed by atoms with Crippen LogP contribution in [0.3, 0.4) is 0 Å². The minimum Gasteiger partial charge on any atom is -0.464 e. The van der Waals surface area contributed by atoms with E-state index in [2.05, 4.69) is 0 Å². The van der Waals surface area contributed by atoms with E-state index in [1.54, 1.807) is 19.1 Å². The van der Waals surface area contributed by atoms with Crippen molar-refractivity contribution in [3.63, 3.8) is 0 Å². The molecule has 4 nitrogen and oxygen atoms in total. The van der Waals surface area contributed by atoms with Crippen LogP contribution in [-0.2, 0) is 4.79 Å². The van der Waals surface area contributed by atoms with Gasteiger partial charge < -0.3 is 15.9 Å². The van der Waals surface area contributed by atoms with E-state index < -0.39 is 11.9 Å². The maximum Gasteiger partial charge on any atom is 0.242 e. The highest BCUT2D eigenvalue weighted by molar-refractivity contribution is 5.80. The molecule has 1 rings (SSSR count). The number of nitrogens with two attached hydrogens (primary N) is 2. The number of aryl methyl sites for hydroxylation is 1. The second kappa shape index (κ2) is 2.75. The summed E-state index contributed by atoms with van der Waals surface area (Å²) in [6.45, 7) is 1.78. The standard InChI is InChI=1S/C7H10N2O2/c1-4-2-3-5(11-4)6(8)7(9)10/h2-3,6H,8H2,1H3,(H2,9,10). The largest absolute Gasteiger partial charge is 0.464 e. The molecule has 0 saturated carbocycles. The molecule has 0 aliphatic rings. The summed E-state index contributed by atoms with van der Waals surface area (Å²) >= 11 is 0. The van der Waals surface area contributed by atoms with E-state index in [0.717, 1.165) is 5.76 Å². The fourth-order valence-corrected chi connectivity index (χ4v) is 0.761. The first-order valence-electron chi connectivity index (χ1n) is 3.22. The summed E-state index contributed by atoms with van der Waals surface area (Å²) < 4.78 is 5.08. The minimum absolute atomic E-state index is 0.412. The lowest BCUT2D eigenvalue weighted by atomic mass is 10.2. The van der Waals surface area contributed by atoms with Crippen LogP contribution in [0.2, 0.25) is 0 Å². The van der Waals surface area contributed by atoms with Crippen LogP contribution in [0, 0.1) is 6.92 Å². The zero-order valence-electron chi connectivity index (χ0n) is 6.20. The Hall–Kier alpha value is -1.29. The maximum absolute atomic E-state index is 10.5. The number of furan rings is 1. The van der Waals surface area contributed by atoms with Gasteiger partial charge in [0.25, 0.3) is 0 Å². The third-order valence-corrected chi connectivity index (χ3v) is 1.37. The summed E-state index contributed by atoms with van der Waals surface area (Å²) in [6, 6.07) is 2.55. The van der Waals surface area contributed by atoms with E-state index in [1.165, 1.54) is 0 Å². The molecule has 1 aromatic heterocycles. The van der Waals surface area contributed by atoms with Crippen LogP contribution < -0.4 is 11.5 Å². The van der Waals surface area contributed by atoms with Gasteiger partial charge in [0.2, 0.25) is 5.91 Å². The molecule has 60 valence electrons. The lowest BCUT2D eigenvalue weighted by Crippen LogP contribution is -2.27. The molecule has 0 saturated heterocycles. The van der Waals surface area contributed by atoms with Gasteiger partial charge in [-0.1, -0.05) is 0 Å². The molecule has 1 heterocycles. The monoisotopic (exact) mass is 154 g/mol. The highest BCUT2D eigenvalue weighted by Gasteiger charge is 2.14. The van der Waals surface area contributed by atoms with Gasteiger partial charge in [-0.3, -0.25) is 4.79 Å². The fraction of sp³-hybridized carbons (Fsp3) is 0.286. The van der Waals surface area contributed by atoms with E-state index in [4.69, 9.17) is 15.9 Å². The summed E-state index contributed by atoms with van der Waals surface area (Å²) in [5.41, 5.74) is 10.3. The number of amides is 1. The van der Waals surface area contributed by atoms with Crippen molar-refractivity contribution in [1.82, 2.24) is 0 Å². The van der Waals surface area contributed by atoms with Crippen LogP contribution in [0.25, 0.3) is 0 Å². The van der Waals surface area contributed by atoms with E-state index >= 15 is 0 Å². The minimum atomic E-state index is -0.830. The molecule has 1 amide bonds. The number of carbonyl (C=O) groups excluding carboxylic acids is 1. The molecule has 0 fully saturated rings. The molecule has 4 heteroatoms. The van der Waals surface area contributed by atoms with Crippen LogP contribution in [0.15, 0.2) is 16.5 Å². The van der Waals surface area contributed by atoms with Gasteiger partial charge >= 0.3 is 0 Å². The van der Waals surface area contributed by atoms with Crippen molar-refractivity contribution in [3.05, 3.63) is 23.7 Å². The van der Waals surface area contributed by atoms with Crippen LogP contribution in [0.1, 0.15) is 17.6 Å². The predicted molar refractivity (Wildman–Crippen MR) is 39.6 cm³/mol. The van der Waals surface area contributed by atoms with Gasteiger partial charge in [-0.25, -0.2) is 0 Å². The normalized spacial score (nSPS) is 12.9. The molecular formula is C7H10N2O2. The molecule has 1 aromatic rings. The molecule has 1 atom stereocenters. The predicted octanol–water partition coefficient (Wildman–Crippen LogP) is 0.0731. The summed E-state index contributed by atoms with van der Waals surface area (Å²) in [4.78, 5) is 10.5. The first kappa shape index (κ1) is 7.81. The van der Waals surface area contributed by atoms with Gasteiger partial charge in [0.15, 0.2) is 0 Å². The van der Waals surface area contributed by atoms with Gasteiger partial charge in [0.1, 0.15) is 17.6 Å². The van der Waals surface area contributed by atoms with E-state index in [9.17, 15) is 4.79 Å². The van der Waals surface area contributed by atoms with Crippen molar-refractivity contribution in [1.29, 1.82) is 0 Å². The molecule has 0 aliphatic carbocycles. The smallest absolute Gasteiger partial charge is 0.242 e. The molecule has 0 spiro atoms. The number of carbonyl (C=O) groups is 1. The summed E-state index contributed by atoms with van der Waals surface area (Å²) in [5, 5.41) is 0. The van der Waals surface area contributed by atoms with E-state index in [-0.39, 0.29) is 0 Å². The highest BCUT2D eigenvalue weighted by Crippen LogP contribution is 2.12. The molecule has 11 heavy (non-hydrogen) atoms. The third kappa shape index (κ3) is 1.59. The Morgan fingerprint density at radius 2 is 2.27 bits per heavy atom. The van der Waals surface area contributed by atoms with Crippen molar-refractivity contribution >= 4 is 5.91 Å². The Bertz CT molecular complexity index is 267. The van der Waals surface area contributed by atoms with E-state index in [0.29, 0.717) is 5.76 Å². The SMILES string of the molecule is Cc1ccc(C(N)C(N)=O)o1.